The Morgan fingerprint density at radius 2 is 1.88 bits per heavy atom. The fourth-order valence-electron chi connectivity index (χ4n) is 3.24. The molecule has 0 radical (unpaired) electrons. The smallest absolute Gasteiger partial charge is 0.246 e. The van der Waals surface area contributed by atoms with Gasteiger partial charge in [-0.05, 0) is 42.7 Å². The van der Waals surface area contributed by atoms with Crippen molar-refractivity contribution in [3.63, 3.8) is 0 Å². The molecule has 26 heavy (non-hydrogen) atoms. The molecule has 1 N–H and O–H groups in total. The normalized spacial score (nSPS) is 16.7. The van der Waals surface area contributed by atoms with Crippen molar-refractivity contribution in [2.24, 2.45) is 0 Å². The number of carbonyl (C=O) groups excluding carboxylic acids is 1. The van der Waals surface area contributed by atoms with Gasteiger partial charge in [-0.15, -0.1) is 0 Å². The lowest BCUT2D eigenvalue weighted by molar-refractivity contribution is -0.130. The zero-order chi connectivity index (χ0) is 18.6. The summed E-state index contributed by atoms with van der Waals surface area (Å²) in [5.41, 5.74) is 0.907. The van der Waals surface area contributed by atoms with Gasteiger partial charge in [0.25, 0.3) is 0 Å². The van der Waals surface area contributed by atoms with E-state index in [1.54, 1.807) is 24.2 Å². The summed E-state index contributed by atoms with van der Waals surface area (Å²) >= 11 is 3.43. The SMILES string of the molecule is COc1ccc(Br)cc1C=CC(=O)N1CCC(O)(c2ccccc2)CC1. The fraction of sp³-hybridized carbons (Fsp3) is 0.286. The molecule has 0 aliphatic carbocycles. The van der Waals surface area contributed by atoms with E-state index in [4.69, 9.17) is 4.74 Å². The van der Waals surface area contributed by atoms with Gasteiger partial charge < -0.3 is 14.7 Å². The van der Waals surface area contributed by atoms with Crippen molar-refractivity contribution in [2.75, 3.05) is 20.2 Å². The molecular weight excluding hydrogens is 394 g/mol. The molecule has 5 heteroatoms. The Balaban J connectivity index is 1.65. The van der Waals surface area contributed by atoms with Gasteiger partial charge in [-0.2, -0.15) is 0 Å². The number of amides is 1. The Hall–Kier alpha value is -2.11. The summed E-state index contributed by atoms with van der Waals surface area (Å²) in [7, 11) is 1.61. The first-order valence-corrected chi connectivity index (χ1v) is 9.39. The summed E-state index contributed by atoms with van der Waals surface area (Å²) in [6, 6.07) is 15.3. The Kier molecular flexibility index (Phi) is 5.79. The number of ether oxygens (including phenoxy) is 1. The van der Waals surface area contributed by atoms with E-state index in [1.165, 1.54) is 0 Å². The van der Waals surface area contributed by atoms with Gasteiger partial charge in [-0.25, -0.2) is 0 Å². The van der Waals surface area contributed by atoms with Crippen molar-refractivity contribution < 1.29 is 14.6 Å². The van der Waals surface area contributed by atoms with E-state index in [0.29, 0.717) is 31.7 Å². The average molecular weight is 416 g/mol. The molecule has 0 atom stereocenters. The predicted molar refractivity (Wildman–Crippen MR) is 106 cm³/mol. The molecule has 0 spiro atoms. The number of hydrogen-bond donors (Lipinski definition) is 1. The quantitative estimate of drug-likeness (QED) is 0.768. The van der Waals surface area contributed by atoms with Gasteiger partial charge >= 0.3 is 0 Å². The maximum Gasteiger partial charge on any atom is 0.246 e. The number of likely N-dealkylation sites (tertiary alicyclic amines) is 1. The third-order valence-corrected chi connectivity index (χ3v) is 5.30. The van der Waals surface area contributed by atoms with E-state index in [0.717, 1.165) is 15.6 Å². The van der Waals surface area contributed by atoms with Crippen molar-refractivity contribution in [2.45, 2.75) is 18.4 Å². The topological polar surface area (TPSA) is 49.8 Å². The lowest BCUT2D eigenvalue weighted by Gasteiger charge is -2.38. The Morgan fingerprint density at radius 1 is 1.19 bits per heavy atom. The summed E-state index contributed by atoms with van der Waals surface area (Å²) in [4.78, 5) is 14.3. The van der Waals surface area contributed by atoms with E-state index >= 15 is 0 Å². The molecule has 1 amide bonds. The first-order valence-electron chi connectivity index (χ1n) is 8.60. The molecule has 3 rings (SSSR count). The van der Waals surface area contributed by atoms with Crippen molar-refractivity contribution in [3.8, 4) is 5.75 Å². The van der Waals surface area contributed by atoms with Crippen LogP contribution in [0, 0.1) is 0 Å². The number of piperidine rings is 1. The van der Waals surface area contributed by atoms with Crippen molar-refractivity contribution in [1.29, 1.82) is 0 Å². The summed E-state index contributed by atoms with van der Waals surface area (Å²) < 4.78 is 6.25. The van der Waals surface area contributed by atoms with Crippen LogP contribution in [0.15, 0.2) is 59.1 Å². The highest BCUT2D eigenvalue weighted by Crippen LogP contribution is 2.32. The average Bonchev–Trinajstić information content (AvgIpc) is 2.67. The minimum atomic E-state index is -0.852. The zero-order valence-corrected chi connectivity index (χ0v) is 16.3. The molecule has 1 fully saturated rings. The molecule has 0 unspecified atom stereocenters. The van der Waals surface area contributed by atoms with Crippen molar-refractivity contribution >= 4 is 27.9 Å². The van der Waals surface area contributed by atoms with Crippen molar-refractivity contribution in [1.82, 2.24) is 4.90 Å². The molecule has 1 aliphatic heterocycles. The number of carbonyl (C=O) groups is 1. The molecule has 0 bridgehead atoms. The van der Waals surface area contributed by atoms with Crippen LogP contribution in [-0.4, -0.2) is 36.1 Å². The second kappa shape index (κ2) is 8.06. The van der Waals surface area contributed by atoms with E-state index < -0.39 is 5.60 Å². The molecule has 1 aliphatic rings. The van der Waals surface area contributed by atoms with E-state index in [9.17, 15) is 9.90 Å². The number of methoxy groups -OCH3 is 1. The molecule has 2 aromatic rings. The van der Waals surface area contributed by atoms with Gasteiger partial charge in [0.1, 0.15) is 5.75 Å². The van der Waals surface area contributed by atoms with Crippen LogP contribution in [0.2, 0.25) is 0 Å². The second-order valence-electron chi connectivity index (χ2n) is 6.44. The third-order valence-electron chi connectivity index (χ3n) is 4.81. The maximum absolute atomic E-state index is 12.5. The second-order valence-corrected chi connectivity index (χ2v) is 7.36. The molecule has 4 nitrogen and oxygen atoms in total. The van der Waals surface area contributed by atoms with Gasteiger partial charge in [0, 0.05) is 29.2 Å². The van der Waals surface area contributed by atoms with Crippen LogP contribution < -0.4 is 4.74 Å². The molecule has 0 aromatic heterocycles. The van der Waals surface area contributed by atoms with Crippen LogP contribution in [0.25, 0.3) is 6.08 Å². The van der Waals surface area contributed by atoms with Crippen LogP contribution in [0.3, 0.4) is 0 Å². The standard InChI is InChI=1S/C21H22BrNO3/c1-26-19-9-8-18(22)15-16(19)7-10-20(24)23-13-11-21(25,12-14-23)17-5-3-2-4-6-17/h2-10,15,25H,11-14H2,1H3. The van der Waals surface area contributed by atoms with E-state index in [-0.39, 0.29) is 5.91 Å². The van der Waals surface area contributed by atoms with Crippen LogP contribution in [0.5, 0.6) is 5.75 Å². The third kappa shape index (κ3) is 4.17. The number of benzene rings is 2. The van der Waals surface area contributed by atoms with Crippen LogP contribution in [0.4, 0.5) is 0 Å². The summed E-state index contributed by atoms with van der Waals surface area (Å²) in [6.07, 6.45) is 4.41. The lowest BCUT2D eigenvalue weighted by atomic mass is 9.84. The predicted octanol–water partition coefficient (Wildman–Crippen LogP) is 3.98. The van der Waals surface area contributed by atoms with Crippen LogP contribution >= 0.6 is 15.9 Å². The highest BCUT2D eigenvalue weighted by atomic mass is 79.9. The highest BCUT2D eigenvalue weighted by Gasteiger charge is 2.34. The highest BCUT2D eigenvalue weighted by molar-refractivity contribution is 9.10. The Labute approximate surface area is 162 Å². The lowest BCUT2D eigenvalue weighted by Crippen LogP contribution is -2.44. The molecular formula is C21H22BrNO3. The summed E-state index contributed by atoms with van der Waals surface area (Å²) in [5.74, 6) is 0.663. The minimum Gasteiger partial charge on any atom is -0.496 e. The Morgan fingerprint density at radius 3 is 2.54 bits per heavy atom. The fourth-order valence-corrected chi connectivity index (χ4v) is 3.61. The van der Waals surface area contributed by atoms with Gasteiger partial charge in [0.15, 0.2) is 0 Å². The monoisotopic (exact) mass is 415 g/mol. The molecule has 0 saturated carbocycles. The summed E-state index contributed by atoms with van der Waals surface area (Å²) in [5, 5.41) is 10.9. The minimum absolute atomic E-state index is 0.0536. The molecule has 1 saturated heterocycles. The molecule has 136 valence electrons. The van der Waals surface area contributed by atoms with Crippen LogP contribution in [0.1, 0.15) is 24.0 Å². The first kappa shape index (κ1) is 18.7. The largest absolute Gasteiger partial charge is 0.496 e. The van der Waals surface area contributed by atoms with Gasteiger partial charge in [0.05, 0.1) is 12.7 Å². The van der Waals surface area contributed by atoms with E-state index in [1.807, 2.05) is 48.5 Å². The van der Waals surface area contributed by atoms with Gasteiger partial charge in [-0.3, -0.25) is 4.79 Å². The maximum atomic E-state index is 12.5. The van der Waals surface area contributed by atoms with Gasteiger partial charge in [-0.1, -0.05) is 46.3 Å². The van der Waals surface area contributed by atoms with Gasteiger partial charge in [0.2, 0.25) is 5.91 Å². The Bertz CT molecular complexity index is 796. The number of nitrogens with zero attached hydrogens (tertiary/aromatic N) is 1. The van der Waals surface area contributed by atoms with Crippen LogP contribution in [-0.2, 0) is 10.4 Å². The number of halogens is 1. The first-order chi connectivity index (χ1) is 12.5. The van der Waals surface area contributed by atoms with Crippen molar-refractivity contribution in [3.05, 3.63) is 70.2 Å². The molecule has 1 heterocycles. The number of hydrogen-bond acceptors (Lipinski definition) is 3. The number of aliphatic hydroxyl groups is 1. The molecule has 2 aromatic carbocycles. The summed E-state index contributed by atoms with van der Waals surface area (Å²) in [6.45, 7) is 1.06. The van der Waals surface area contributed by atoms with E-state index in [2.05, 4.69) is 15.9 Å². The number of rotatable bonds is 4. The zero-order valence-electron chi connectivity index (χ0n) is 14.7.